The third-order valence-corrected chi connectivity index (χ3v) is 5.70. The van der Waals surface area contributed by atoms with Crippen LogP contribution in [0.15, 0.2) is 31.3 Å². The summed E-state index contributed by atoms with van der Waals surface area (Å²) in [6.45, 7) is 3.82. The van der Waals surface area contributed by atoms with Gasteiger partial charge < -0.3 is 9.84 Å². The number of unbranched alkanes of at least 4 members (excludes halogenated alkanes) is 1. The predicted octanol–water partition coefficient (Wildman–Crippen LogP) is 2.00. The Hall–Kier alpha value is -2.88. The van der Waals surface area contributed by atoms with E-state index in [1.807, 2.05) is 0 Å². The molecule has 9 nitrogen and oxygen atoms in total. The number of pyridine rings is 1. The largest absolute Gasteiger partial charge is 0.360 e. The molecule has 154 valence electrons. The molecular weight excluding hydrogens is 394 g/mol. The van der Waals surface area contributed by atoms with Crippen molar-refractivity contribution >= 4 is 34.5 Å². The minimum absolute atomic E-state index is 0.0795. The SMILES string of the molecule is CCCCc1cnc2c(c1SCC(=O)Nc1cc(C)on1)c(=O)n(C)c(=O)n2C. The molecule has 3 rings (SSSR count). The van der Waals surface area contributed by atoms with Crippen LogP contribution in [0.3, 0.4) is 0 Å². The Kier molecular flexibility index (Phi) is 6.21. The van der Waals surface area contributed by atoms with E-state index in [1.165, 1.54) is 23.4 Å². The van der Waals surface area contributed by atoms with Gasteiger partial charge in [-0.15, -0.1) is 11.8 Å². The van der Waals surface area contributed by atoms with Crippen molar-refractivity contribution in [2.24, 2.45) is 14.1 Å². The van der Waals surface area contributed by atoms with Crippen LogP contribution in [-0.2, 0) is 25.3 Å². The number of rotatable bonds is 7. The van der Waals surface area contributed by atoms with Crippen molar-refractivity contribution in [1.82, 2.24) is 19.3 Å². The van der Waals surface area contributed by atoms with Crippen molar-refractivity contribution in [3.05, 3.63) is 44.4 Å². The normalized spacial score (nSPS) is 11.2. The molecule has 0 bridgehead atoms. The van der Waals surface area contributed by atoms with Crippen LogP contribution >= 0.6 is 11.8 Å². The third-order valence-electron chi connectivity index (χ3n) is 4.54. The van der Waals surface area contributed by atoms with E-state index in [4.69, 9.17) is 4.52 Å². The average molecular weight is 417 g/mol. The minimum atomic E-state index is -0.439. The maximum Gasteiger partial charge on any atom is 0.332 e. The summed E-state index contributed by atoms with van der Waals surface area (Å²) in [6.07, 6.45) is 4.34. The zero-order valence-corrected chi connectivity index (χ0v) is 17.6. The maximum absolute atomic E-state index is 12.9. The molecule has 0 saturated heterocycles. The Morgan fingerprint density at radius 2 is 2.03 bits per heavy atom. The highest BCUT2D eigenvalue weighted by Gasteiger charge is 2.18. The van der Waals surface area contributed by atoms with Crippen molar-refractivity contribution in [2.75, 3.05) is 11.1 Å². The molecule has 29 heavy (non-hydrogen) atoms. The number of hydrogen-bond acceptors (Lipinski definition) is 7. The highest BCUT2D eigenvalue weighted by molar-refractivity contribution is 8.00. The summed E-state index contributed by atoms with van der Waals surface area (Å²) >= 11 is 1.26. The Morgan fingerprint density at radius 3 is 2.69 bits per heavy atom. The third kappa shape index (κ3) is 4.26. The van der Waals surface area contributed by atoms with Gasteiger partial charge in [-0.1, -0.05) is 18.5 Å². The molecule has 0 aromatic carbocycles. The quantitative estimate of drug-likeness (QED) is 0.585. The topological polar surface area (TPSA) is 112 Å². The summed E-state index contributed by atoms with van der Waals surface area (Å²) < 4.78 is 7.36. The first-order valence-corrected chi connectivity index (χ1v) is 10.3. The van der Waals surface area contributed by atoms with Gasteiger partial charge in [-0.05, 0) is 25.3 Å². The lowest BCUT2D eigenvalue weighted by Gasteiger charge is -2.14. The number of amides is 1. The van der Waals surface area contributed by atoms with E-state index in [-0.39, 0.29) is 11.7 Å². The fourth-order valence-electron chi connectivity index (χ4n) is 2.99. The number of aromatic nitrogens is 4. The molecule has 0 spiro atoms. The van der Waals surface area contributed by atoms with Crippen LogP contribution in [0.4, 0.5) is 5.82 Å². The van der Waals surface area contributed by atoms with Crippen LogP contribution in [0.1, 0.15) is 31.1 Å². The fraction of sp³-hybridized carbons (Fsp3) is 0.421. The molecule has 0 radical (unpaired) electrons. The molecule has 0 unspecified atom stereocenters. The molecule has 1 amide bonds. The van der Waals surface area contributed by atoms with Crippen molar-refractivity contribution in [1.29, 1.82) is 0 Å². The van der Waals surface area contributed by atoms with Crippen molar-refractivity contribution < 1.29 is 9.32 Å². The number of nitrogens with zero attached hydrogens (tertiary/aromatic N) is 4. The van der Waals surface area contributed by atoms with E-state index >= 15 is 0 Å². The standard InChI is InChI=1S/C19H23N5O4S/c1-5-6-7-12-9-20-17-15(18(26)24(4)19(27)23(17)3)16(12)29-10-14(25)21-13-8-11(2)28-22-13/h8-9H,5-7,10H2,1-4H3,(H,21,22,25). The van der Waals surface area contributed by atoms with Crippen LogP contribution in [0, 0.1) is 6.92 Å². The number of carbonyl (C=O) groups is 1. The van der Waals surface area contributed by atoms with Gasteiger partial charge in [-0.3, -0.25) is 18.7 Å². The van der Waals surface area contributed by atoms with E-state index < -0.39 is 11.2 Å². The number of hydrogen-bond donors (Lipinski definition) is 1. The van der Waals surface area contributed by atoms with Gasteiger partial charge in [-0.2, -0.15) is 0 Å². The monoisotopic (exact) mass is 417 g/mol. The zero-order chi connectivity index (χ0) is 21.1. The van der Waals surface area contributed by atoms with Crippen LogP contribution in [0.2, 0.25) is 0 Å². The van der Waals surface area contributed by atoms with Gasteiger partial charge in [0.15, 0.2) is 5.82 Å². The van der Waals surface area contributed by atoms with Crippen LogP contribution < -0.4 is 16.6 Å². The summed E-state index contributed by atoms with van der Waals surface area (Å²) in [6, 6.07) is 1.63. The number of thioether (sulfide) groups is 1. The molecule has 3 heterocycles. The lowest BCUT2D eigenvalue weighted by atomic mass is 10.1. The molecule has 3 aromatic rings. The molecular formula is C19H23N5O4S. The van der Waals surface area contributed by atoms with E-state index in [1.54, 1.807) is 26.2 Å². The van der Waals surface area contributed by atoms with Gasteiger partial charge in [0.2, 0.25) is 5.91 Å². The van der Waals surface area contributed by atoms with Gasteiger partial charge in [0.05, 0.1) is 11.1 Å². The van der Waals surface area contributed by atoms with Crippen molar-refractivity contribution in [2.45, 2.75) is 38.0 Å². The van der Waals surface area contributed by atoms with E-state index in [2.05, 4.69) is 22.4 Å². The van der Waals surface area contributed by atoms with Crippen molar-refractivity contribution in [3.63, 3.8) is 0 Å². The lowest BCUT2D eigenvalue weighted by molar-refractivity contribution is -0.113. The molecule has 0 saturated carbocycles. The molecule has 0 aliphatic rings. The number of carbonyl (C=O) groups excluding carboxylic acids is 1. The fourth-order valence-corrected chi connectivity index (χ4v) is 4.00. The molecule has 0 aliphatic carbocycles. The molecule has 0 aliphatic heterocycles. The smallest absolute Gasteiger partial charge is 0.332 e. The van der Waals surface area contributed by atoms with Crippen LogP contribution in [0.25, 0.3) is 11.0 Å². The van der Waals surface area contributed by atoms with E-state index in [0.29, 0.717) is 27.5 Å². The number of anilines is 1. The summed E-state index contributed by atoms with van der Waals surface area (Å²) in [5.41, 5.74) is 0.356. The summed E-state index contributed by atoms with van der Waals surface area (Å²) in [7, 11) is 3.02. The van der Waals surface area contributed by atoms with E-state index in [0.717, 1.165) is 29.4 Å². The summed E-state index contributed by atoms with van der Waals surface area (Å²) in [5, 5.41) is 6.78. The second kappa shape index (κ2) is 8.64. The summed E-state index contributed by atoms with van der Waals surface area (Å²) in [5.74, 6) is 0.753. The maximum atomic E-state index is 12.9. The van der Waals surface area contributed by atoms with Gasteiger partial charge in [0.1, 0.15) is 11.4 Å². The minimum Gasteiger partial charge on any atom is -0.360 e. The lowest BCUT2D eigenvalue weighted by Crippen LogP contribution is -2.37. The first kappa shape index (κ1) is 20.8. The number of nitrogens with one attached hydrogen (secondary N) is 1. The van der Waals surface area contributed by atoms with Gasteiger partial charge in [-0.25, -0.2) is 9.78 Å². The molecule has 10 heteroatoms. The van der Waals surface area contributed by atoms with Gasteiger partial charge in [0.25, 0.3) is 5.56 Å². The molecule has 3 aromatic heterocycles. The summed E-state index contributed by atoms with van der Waals surface area (Å²) in [4.78, 5) is 42.5. The van der Waals surface area contributed by atoms with Crippen LogP contribution in [-0.4, -0.2) is 30.9 Å². The highest BCUT2D eigenvalue weighted by Crippen LogP contribution is 2.29. The average Bonchev–Trinajstić information content (AvgIpc) is 3.11. The first-order chi connectivity index (χ1) is 13.8. The second-order valence-electron chi connectivity index (χ2n) is 6.78. The van der Waals surface area contributed by atoms with Gasteiger partial charge in [0, 0.05) is 31.3 Å². The van der Waals surface area contributed by atoms with Crippen molar-refractivity contribution in [3.8, 4) is 0 Å². The Balaban J connectivity index is 1.99. The zero-order valence-electron chi connectivity index (χ0n) is 16.8. The Labute approximate surface area is 171 Å². The predicted molar refractivity (Wildman–Crippen MR) is 111 cm³/mol. The van der Waals surface area contributed by atoms with Crippen LogP contribution in [0.5, 0.6) is 0 Å². The first-order valence-electron chi connectivity index (χ1n) is 9.27. The Bertz CT molecular complexity index is 1180. The number of fused-ring (bicyclic) bond motifs is 1. The number of aryl methyl sites for hydroxylation is 3. The molecule has 0 atom stereocenters. The second-order valence-corrected chi connectivity index (χ2v) is 7.77. The highest BCUT2D eigenvalue weighted by atomic mass is 32.2. The molecule has 0 fully saturated rings. The van der Waals surface area contributed by atoms with E-state index in [9.17, 15) is 14.4 Å². The van der Waals surface area contributed by atoms with Gasteiger partial charge >= 0.3 is 5.69 Å². The molecule has 1 N–H and O–H groups in total. The Morgan fingerprint density at radius 1 is 1.28 bits per heavy atom.